The number of fused-ring (bicyclic) bond motifs is 6. The zero-order valence-electron chi connectivity index (χ0n) is 14.7. The van der Waals surface area contributed by atoms with Gasteiger partial charge in [0, 0.05) is 5.75 Å². The predicted molar refractivity (Wildman–Crippen MR) is 105 cm³/mol. The van der Waals surface area contributed by atoms with Crippen molar-refractivity contribution in [2.24, 2.45) is 29.6 Å². The first-order valence-electron chi connectivity index (χ1n) is 9.12. The van der Waals surface area contributed by atoms with Gasteiger partial charge in [0.25, 0.3) is 0 Å². The monoisotopic (exact) mass is 384 g/mol. The number of carbonyl (C=O) groups excluding carboxylic acids is 2. The summed E-state index contributed by atoms with van der Waals surface area (Å²) in [5.74, 6) is 1.82. The number of aromatic nitrogens is 1. The van der Waals surface area contributed by atoms with Crippen LogP contribution >= 0.6 is 23.1 Å². The van der Waals surface area contributed by atoms with E-state index in [0.717, 1.165) is 26.7 Å². The van der Waals surface area contributed by atoms with Crippen molar-refractivity contribution in [3.05, 3.63) is 30.4 Å². The highest BCUT2D eigenvalue weighted by Gasteiger charge is 2.59. The predicted octanol–water partition coefficient (Wildman–Crippen LogP) is 4.36. The molecule has 1 aromatic carbocycles. The molecule has 2 fully saturated rings. The molecule has 2 amide bonds. The van der Waals surface area contributed by atoms with Crippen LogP contribution in [-0.4, -0.2) is 22.6 Å². The highest BCUT2D eigenvalue weighted by Crippen LogP contribution is 2.53. The fraction of sp³-hybridized carbons (Fsp3) is 0.450. The second-order valence-electron chi connectivity index (χ2n) is 7.85. The summed E-state index contributed by atoms with van der Waals surface area (Å²) in [6.45, 7) is 4.39. The quantitative estimate of drug-likeness (QED) is 0.447. The van der Waals surface area contributed by atoms with Crippen LogP contribution < -0.4 is 4.90 Å². The Bertz CT molecular complexity index is 918. The molecule has 4 atom stereocenters. The third-order valence-electron chi connectivity index (χ3n) is 5.62. The number of benzene rings is 1. The maximum Gasteiger partial charge on any atom is 0.238 e. The van der Waals surface area contributed by atoms with E-state index >= 15 is 0 Å². The van der Waals surface area contributed by atoms with Gasteiger partial charge in [0.1, 0.15) is 0 Å². The molecule has 134 valence electrons. The van der Waals surface area contributed by atoms with Crippen molar-refractivity contribution in [3.8, 4) is 0 Å². The second kappa shape index (κ2) is 5.92. The molecule has 26 heavy (non-hydrogen) atoms. The third-order valence-corrected chi connectivity index (χ3v) is 8.21. The second-order valence-corrected chi connectivity index (χ2v) is 10.1. The van der Waals surface area contributed by atoms with Crippen LogP contribution in [0.3, 0.4) is 0 Å². The van der Waals surface area contributed by atoms with E-state index in [-0.39, 0.29) is 35.5 Å². The number of anilines is 1. The third kappa shape index (κ3) is 2.38. The molecule has 2 bridgehead atoms. The number of carbonyl (C=O) groups is 2. The minimum absolute atomic E-state index is 0.0184. The average Bonchev–Trinajstić information content (AvgIpc) is 3.35. The van der Waals surface area contributed by atoms with Crippen LogP contribution in [0.15, 0.2) is 34.7 Å². The summed E-state index contributed by atoms with van der Waals surface area (Å²) in [5.41, 5.74) is 1.64. The summed E-state index contributed by atoms with van der Waals surface area (Å²) >= 11 is 3.41. The van der Waals surface area contributed by atoms with E-state index < -0.39 is 0 Å². The van der Waals surface area contributed by atoms with Gasteiger partial charge < -0.3 is 0 Å². The number of thiazole rings is 1. The smallest absolute Gasteiger partial charge is 0.238 e. The number of hydrogen-bond donors (Lipinski definition) is 0. The molecule has 2 aromatic rings. The van der Waals surface area contributed by atoms with Gasteiger partial charge in [-0.3, -0.25) is 9.59 Å². The Morgan fingerprint density at radius 3 is 2.54 bits per heavy atom. The molecule has 4 unspecified atom stereocenters. The summed E-state index contributed by atoms with van der Waals surface area (Å²) < 4.78 is 2.08. The molecule has 2 aliphatic carbocycles. The minimum Gasteiger partial charge on any atom is -0.274 e. The van der Waals surface area contributed by atoms with Crippen molar-refractivity contribution < 1.29 is 9.59 Å². The van der Waals surface area contributed by atoms with Gasteiger partial charge in [-0.25, -0.2) is 9.88 Å². The number of allylic oxidation sites excluding steroid dienone is 2. The molecule has 4 nitrogen and oxygen atoms in total. The van der Waals surface area contributed by atoms with Gasteiger partial charge in [-0.15, -0.1) is 11.3 Å². The zero-order chi connectivity index (χ0) is 18.0. The number of nitrogens with zero attached hydrogens (tertiary/aromatic N) is 2. The van der Waals surface area contributed by atoms with E-state index in [0.29, 0.717) is 11.6 Å². The van der Waals surface area contributed by atoms with Crippen LogP contribution in [0.2, 0.25) is 0 Å². The molecular formula is C20H20N2O2S2. The van der Waals surface area contributed by atoms with Gasteiger partial charge >= 0.3 is 0 Å². The lowest BCUT2D eigenvalue weighted by molar-refractivity contribution is -0.123. The molecule has 6 heteroatoms. The van der Waals surface area contributed by atoms with Gasteiger partial charge in [0.15, 0.2) is 4.34 Å². The van der Waals surface area contributed by atoms with Crippen LogP contribution in [0.25, 0.3) is 10.2 Å². The lowest BCUT2D eigenvalue weighted by Crippen LogP contribution is -2.32. The molecule has 1 aliphatic heterocycles. The van der Waals surface area contributed by atoms with Crippen molar-refractivity contribution in [3.63, 3.8) is 0 Å². The molecule has 5 rings (SSSR count). The van der Waals surface area contributed by atoms with E-state index in [1.54, 1.807) is 23.1 Å². The average molecular weight is 385 g/mol. The van der Waals surface area contributed by atoms with Crippen LogP contribution in [0.1, 0.15) is 20.3 Å². The van der Waals surface area contributed by atoms with Gasteiger partial charge in [-0.1, -0.05) is 37.8 Å². The minimum atomic E-state index is -0.146. The Balaban J connectivity index is 1.46. The summed E-state index contributed by atoms with van der Waals surface area (Å²) in [6.07, 6.45) is 5.22. The van der Waals surface area contributed by atoms with Crippen molar-refractivity contribution in [1.29, 1.82) is 0 Å². The molecule has 0 radical (unpaired) electrons. The standard InChI is InChI=1S/C20H20N2O2S2/c1-10(2)9-25-20-21-14-6-5-13(8-15(14)26-20)22-18(23)16-11-3-4-12(7-11)17(16)19(22)24/h3-6,8,10-12,16-17H,7,9H2,1-2H3. The van der Waals surface area contributed by atoms with Crippen molar-refractivity contribution >= 4 is 50.8 Å². The summed E-state index contributed by atoms with van der Waals surface area (Å²) in [7, 11) is 0. The SMILES string of the molecule is CC(C)CSc1nc2ccc(N3C(=O)C4C5C=CC(C5)C4C3=O)cc2s1. The molecule has 2 heterocycles. The first-order valence-corrected chi connectivity index (χ1v) is 10.9. The number of thioether (sulfide) groups is 1. The number of imide groups is 1. The molecular weight excluding hydrogens is 364 g/mol. The van der Waals surface area contributed by atoms with E-state index in [9.17, 15) is 9.59 Å². The lowest BCUT2D eigenvalue weighted by Gasteiger charge is -2.17. The molecule has 0 N–H and O–H groups in total. The van der Waals surface area contributed by atoms with Gasteiger partial charge in [0.2, 0.25) is 11.8 Å². The topological polar surface area (TPSA) is 50.3 Å². The zero-order valence-corrected chi connectivity index (χ0v) is 16.3. The normalized spacial score (nSPS) is 29.6. The number of rotatable bonds is 4. The fourth-order valence-corrected chi connectivity index (χ4v) is 6.57. The van der Waals surface area contributed by atoms with Crippen LogP contribution in [0.5, 0.6) is 0 Å². The highest BCUT2D eigenvalue weighted by molar-refractivity contribution is 8.01. The van der Waals surface area contributed by atoms with Crippen LogP contribution in [0, 0.1) is 29.6 Å². The molecule has 0 spiro atoms. The highest BCUT2D eigenvalue weighted by atomic mass is 32.2. The number of amides is 2. The first-order chi connectivity index (χ1) is 12.5. The first kappa shape index (κ1) is 16.5. The van der Waals surface area contributed by atoms with E-state index in [4.69, 9.17) is 0 Å². The molecule has 1 aromatic heterocycles. The largest absolute Gasteiger partial charge is 0.274 e. The summed E-state index contributed by atoms with van der Waals surface area (Å²) in [4.78, 5) is 32.0. The molecule has 1 saturated heterocycles. The summed E-state index contributed by atoms with van der Waals surface area (Å²) in [5, 5.41) is 0. The van der Waals surface area contributed by atoms with E-state index in [1.165, 1.54) is 4.90 Å². The number of hydrogen-bond acceptors (Lipinski definition) is 5. The van der Waals surface area contributed by atoms with E-state index in [2.05, 4.69) is 31.0 Å². The molecule has 3 aliphatic rings. The Morgan fingerprint density at radius 2 is 1.88 bits per heavy atom. The maximum absolute atomic E-state index is 13.0. The fourth-order valence-electron chi connectivity index (χ4n) is 4.49. The van der Waals surface area contributed by atoms with Gasteiger partial charge in [-0.2, -0.15) is 0 Å². The van der Waals surface area contributed by atoms with Gasteiger partial charge in [-0.05, 0) is 42.4 Å². The lowest BCUT2D eigenvalue weighted by atomic mass is 9.85. The van der Waals surface area contributed by atoms with Crippen LogP contribution in [-0.2, 0) is 9.59 Å². The Labute approximate surface area is 160 Å². The maximum atomic E-state index is 13.0. The van der Waals surface area contributed by atoms with Crippen molar-refractivity contribution in [2.75, 3.05) is 10.7 Å². The summed E-state index contributed by atoms with van der Waals surface area (Å²) in [6, 6.07) is 5.76. The Hall–Kier alpha value is -1.66. The Morgan fingerprint density at radius 1 is 1.19 bits per heavy atom. The van der Waals surface area contributed by atoms with Crippen molar-refractivity contribution in [1.82, 2.24) is 4.98 Å². The Kier molecular flexibility index (Phi) is 3.76. The van der Waals surface area contributed by atoms with Crippen molar-refractivity contribution in [2.45, 2.75) is 24.6 Å². The van der Waals surface area contributed by atoms with E-state index in [1.807, 2.05) is 18.2 Å². The van der Waals surface area contributed by atoms with Gasteiger partial charge in [0.05, 0.1) is 27.7 Å². The van der Waals surface area contributed by atoms with Crippen LogP contribution in [0.4, 0.5) is 5.69 Å². The molecule has 1 saturated carbocycles.